The summed E-state index contributed by atoms with van der Waals surface area (Å²) in [6.45, 7) is 0.253. The van der Waals surface area contributed by atoms with Crippen molar-refractivity contribution >= 4 is 17.3 Å². The van der Waals surface area contributed by atoms with Crippen LogP contribution in [0.25, 0.3) is 11.4 Å². The Labute approximate surface area is 173 Å². The normalized spacial score (nSPS) is 10.5. The van der Waals surface area contributed by atoms with Gasteiger partial charge in [0.2, 0.25) is 11.7 Å². The summed E-state index contributed by atoms with van der Waals surface area (Å²) in [4.78, 5) is 20.9. The van der Waals surface area contributed by atoms with E-state index in [1.165, 1.54) is 0 Å². The number of carbonyl (C=O) groups excluding carboxylic acids is 1. The molecule has 0 spiro atoms. The molecule has 0 saturated carbocycles. The molecule has 1 N–H and O–H groups in total. The molecule has 2 aromatic heterocycles. The number of benzene rings is 2. The highest BCUT2D eigenvalue weighted by Gasteiger charge is 2.13. The summed E-state index contributed by atoms with van der Waals surface area (Å²) in [6.07, 6.45) is 4.46. The van der Waals surface area contributed by atoms with Crippen LogP contribution in [0.5, 0.6) is 0 Å². The van der Waals surface area contributed by atoms with Gasteiger partial charge >= 0.3 is 5.97 Å². The van der Waals surface area contributed by atoms with E-state index in [1.807, 2.05) is 60.7 Å². The first kappa shape index (κ1) is 19.3. The van der Waals surface area contributed by atoms with Gasteiger partial charge in [0, 0.05) is 30.1 Å². The minimum absolute atomic E-state index is 0.253. The lowest BCUT2D eigenvalue weighted by Gasteiger charge is -2.11. The van der Waals surface area contributed by atoms with E-state index in [1.54, 1.807) is 18.5 Å². The second-order valence-electron chi connectivity index (χ2n) is 6.53. The van der Waals surface area contributed by atoms with Crippen LogP contribution in [0.4, 0.5) is 11.4 Å². The fourth-order valence-corrected chi connectivity index (χ4v) is 2.88. The van der Waals surface area contributed by atoms with Crippen LogP contribution >= 0.6 is 0 Å². The number of nitrogens with zero attached hydrogens (tertiary/aromatic N) is 3. The number of aryl methyl sites for hydroxylation is 1. The molecule has 4 rings (SSSR count). The average molecular weight is 400 g/mol. The van der Waals surface area contributed by atoms with Gasteiger partial charge in [-0.05, 0) is 42.8 Å². The summed E-state index contributed by atoms with van der Waals surface area (Å²) in [5.74, 6) is 0.614. The third-order valence-electron chi connectivity index (χ3n) is 4.36. The predicted molar refractivity (Wildman–Crippen MR) is 112 cm³/mol. The molecule has 4 aromatic rings. The Balaban J connectivity index is 1.30. The molecule has 2 heterocycles. The zero-order valence-corrected chi connectivity index (χ0v) is 16.2. The summed E-state index contributed by atoms with van der Waals surface area (Å²) in [5.41, 5.74) is 2.88. The minimum Gasteiger partial charge on any atom is -0.462 e. The molecule has 0 atom stereocenters. The summed E-state index contributed by atoms with van der Waals surface area (Å²) < 4.78 is 10.7. The van der Waals surface area contributed by atoms with E-state index in [0.717, 1.165) is 11.3 Å². The van der Waals surface area contributed by atoms with Gasteiger partial charge < -0.3 is 14.6 Å². The largest absolute Gasteiger partial charge is 0.462 e. The Morgan fingerprint density at radius 3 is 2.67 bits per heavy atom. The molecule has 0 amide bonds. The van der Waals surface area contributed by atoms with Gasteiger partial charge in [-0.1, -0.05) is 35.5 Å². The lowest BCUT2D eigenvalue weighted by Crippen LogP contribution is -2.09. The number of hydrogen-bond acceptors (Lipinski definition) is 7. The summed E-state index contributed by atoms with van der Waals surface area (Å²) in [6, 6.07) is 20.6. The first-order valence-corrected chi connectivity index (χ1v) is 9.61. The molecule has 7 nitrogen and oxygen atoms in total. The maximum Gasteiger partial charge on any atom is 0.340 e. The highest BCUT2D eigenvalue weighted by atomic mass is 16.5. The van der Waals surface area contributed by atoms with Gasteiger partial charge in [-0.25, -0.2) is 4.79 Å². The van der Waals surface area contributed by atoms with Crippen LogP contribution < -0.4 is 5.32 Å². The number of esters is 1. The van der Waals surface area contributed by atoms with Crippen molar-refractivity contribution in [2.45, 2.75) is 12.8 Å². The zero-order valence-electron chi connectivity index (χ0n) is 16.2. The van der Waals surface area contributed by atoms with Crippen molar-refractivity contribution in [3.63, 3.8) is 0 Å². The first-order valence-electron chi connectivity index (χ1n) is 9.61. The fourth-order valence-electron chi connectivity index (χ4n) is 2.88. The van der Waals surface area contributed by atoms with E-state index in [2.05, 4.69) is 20.4 Å². The Hall–Kier alpha value is -4.00. The Bertz CT molecular complexity index is 1100. The van der Waals surface area contributed by atoms with E-state index < -0.39 is 0 Å². The minimum atomic E-state index is -0.379. The lowest BCUT2D eigenvalue weighted by molar-refractivity contribution is 0.0499. The zero-order chi connectivity index (χ0) is 20.6. The number of anilines is 2. The molecule has 0 bridgehead atoms. The van der Waals surface area contributed by atoms with Crippen LogP contribution in [-0.2, 0) is 11.2 Å². The number of ether oxygens (including phenoxy) is 1. The number of nitrogens with one attached hydrogen (secondary N) is 1. The molecular weight excluding hydrogens is 380 g/mol. The van der Waals surface area contributed by atoms with Crippen molar-refractivity contribution < 1.29 is 14.1 Å². The molecule has 0 aliphatic carbocycles. The molecule has 0 aliphatic rings. The number of para-hydroxylation sites is 2. The van der Waals surface area contributed by atoms with Crippen LogP contribution in [0.2, 0.25) is 0 Å². The second-order valence-corrected chi connectivity index (χ2v) is 6.53. The van der Waals surface area contributed by atoms with Crippen molar-refractivity contribution in [2.24, 2.45) is 0 Å². The second kappa shape index (κ2) is 9.47. The van der Waals surface area contributed by atoms with Crippen molar-refractivity contribution in [1.29, 1.82) is 0 Å². The van der Waals surface area contributed by atoms with Crippen molar-refractivity contribution in [3.05, 3.63) is 90.6 Å². The number of carbonyl (C=O) groups is 1. The molecular formula is C23H20N4O3. The van der Waals surface area contributed by atoms with Crippen LogP contribution in [0.1, 0.15) is 22.7 Å². The summed E-state index contributed by atoms with van der Waals surface area (Å²) >= 11 is 0. The molecule has 0 radical (unpaired) electrons. The van der Waals surface area contributed by atoms with Gasteiger partial charge in [-0.2, -0.15) is 4.98 Å². The molecule has 0 saturated heterocycles. The molecule has 0 unspecified atom stereocenters. The maximum absolute atomic E-state index is 12.5. The molecule has 150 valence electrons. The fraction of sp³-hybridized carbons (Fsp3) is 0.130. The Morgan fingerprint density at radius 1 is 1.00 bits per heavy atom. The average Bonchev–Trinajstić information content (AvgIpc) is 3.27. The van der Waals surface area contributed by atoms with E-state index in [9.17, 15) is 4.79 Å². The third-order valence-corrected chi connectivity index (χ3v) is 4.36. The monoisotopic (exact) mass is 400 g/mol. The van der Waals surface area contributed by atoms with Crippen LogP contribution in [0.3, 0.4) is 0 Å². The Morgan fingerprint density at radius 2 is 1.83 bits per heavy atom. The standard InChI is InChI=1S/C23H20N4O3/c28-23(19-11-4-5-12-20(19)25-18-9-2-1-3-10-18)29-15-7-13-21-26-22(27-30-21)17-8-6-14-24-16-17/h1-6,8-12,14,16,25H,7,13,15H2. The van der Waals surface area contributed by atoms with Gasteiger partial charge in [-0.3, -0.25) is 4.98 Å². The van der Waals surface area contributed by atoms with Crippen LogP contribution in [0, 0.1) is 0 Å². The summed E-state index contributed by atoms with van der Waals surface area (Å²) in [7, 11) is 0. The maximum atomic E-state index is 12.5. The number of hydrogen-bond donors (Lipinski definition) is 1. The van der Waals surface area contributed by atoms with Crippen LogP contribution in [0.15, 0.2) is 83.6 Å². The highest BCUT2D eigenvalue weighted by Crippen LogP contribution is 2.21. The van der Waals surface area contributed by atoms with Gasteiger partial charge in [-0.15, -0.1) is 0 Å². The molecule has 2 aromatic carbocycles. The van der Waals surface area contributed by atoms with E-state index in [0.29, 0.717) is 35.8 Å². The quantitative estimate of drug-likeness (QED) is 0.340. The lowest BCUT2D eigenvalue weighted by atomic mass is 10.1. The van der Waals surface area contributed by atoms with E-state index in [-0.39, 0.29) is 12.6 Å². The van der Waals surface area contributed by atoms with Gasteiger partial charge in [0.25, 0.3) is 0 Å². The predicted octanol–water partition coefficient (Wildman–Crippen LogP) is 4.66. The SMILES string of the molecule is O=C(OCCCc1nc(-c2cccnc2)no1)c1ccccc1Nc1ccccc1. The van der Waals surface area contributed by atoms with E-state index in [4.69, 9.17) is 9.26 Å². The topological polar surface area (TPSA) is 90.1 Å². The highest BCUT2D eigenvalue weighted by molar-refractivity contribution is 5.96. The van der Waals surface area contributed by atoms with Gasteiger partial charge in [0.1, 0.15) is 0 Å². The van der Waals surface area contributed by atoms with Crippen molar-refractivity contribution in [2.75, 3.05) is 11.9 Å². The molecule has 7 heteroatoms. The smallest absolute Gasteiger partial charge is 0.340 e. The molecule has 0 aliphatic heterocycles. The number of pyridine rings is 1. The van der Waals surface area contributed by atoms with Crippen molar-refractivity contribution in [3.8, 4) is 11.4 Å². The van der Waals surface area contributed by atoms with Crippen molar-refractivity contribution in [1.82, 2.24) is 15.1 Å². The van der Waals surface area contributed by atoms with Crippen LogP contribution in [-0.4, -0.2) is 27.7 Å². The van der Waals surface area contributed by atoms with E-state index >= 15 is 0 Å². The molecule has 30 heavy (non-hydrogen) atoms. The molecule has 0 fully saturated rings. The summed E-state index contributed by atoms with van der Waals surface area (Å²) in [5, 5.41) is 7.21. The first-order chi connectivity index (χ1) is 14.8. The third kappa shape index (κ3) is 4.88. The number of aromatic nitrogens is 3. The Kier molecular flexibility index (Phi) is 6.10. The number of rotatable bonds is 8. The van der Waals surface area contributed by atoms with Gasteiger partial charge in [0.15, 0.2) is 0 Å². The van der Waals surface area contributed by atoms with Gasteiger partial charge in [0.05, 0.1) is 17.9 Å².